The van der Waals surface area contributed by atoms with Gasteiger partial charge in [0, 0.05) is 34.4 Å². The fourth-order valence-corrected chi connectivity index (χ4v) is 3.73. The van der Waals surface area contributed by atoms with Gasteiger partial charge in [-0.1, -0.05) is 12.1 Å². The highest BCUT2D eigenvalue weighted by atomic mass is 19.1. The first-order valence-electron chi connectivity index (χ1n) is 10.6. The molecule has 1 atom stereocenters. The zero-order valence-corrected chi connectivity index (χ0v) is 18.7. The Morgan fingerprint density at radius 3 is 2.50 bits per heavy atom. The molecule has 4 rings (SSSR count). The molecule has 0 aliphatic carbocycles. The highest BCUT2D eigenvalue weighted by molar-refractivity contribution is 6.09. The van der Waals surface area contributed by atoms with Crippen molar-refractivity contribution in [3.8, 4) is 5.75 Å². The number of nitrogens with zero attached hydrogens (tertiary/aromatic N) is 1. The number of carbonyl (C=O) groups is 1. The first-order chi connectivity index (χ1) is 16.4. The third-order valence-corrected chi connectivity index (χ3v) is 5.54. The van der Waals surface area contributed by atoms with E-state index in [1.54, 1.807) is 44.4 Å². The molecule has 0 fully saturated rings. The molecular formula is C26H24FN5O2. The number of anilines is 2. The van der Waals surface area contributed by atoms with Crippen LogP contribution in [0.5, 0.6) is 5.75 Å². The summed E-state index contributed by atoms with van der Waals surface area (Å²) in [5, 5.41) is 13.6. The fourth-order valence-electron chi connectivity index (χ4n) is 3.73. The molecule has 5 N–H and O–H groups in total. The van der Waals surface area contributed by atoms with Gasteiger partial charge in [0.15, 0.2) is 0 Å². The van der Waals surface area contributed by atoms with Crippen LogP contribution in [-0.4, -0.2) is 25.1 Å². The summed E-state index contributed by atoms with van der Waals surface area (Å²) in [5.74, 6) is 0.572. The number of amides is 1. The summed E-state index contributed by atoms with van der Waals surface area (Å²) in [6.07, 6.45) is 1.13. The fraction of sp³-hybridized carbons (Fsp3) is 0.115. The number of nitrogens with two attached hydrogens (primary N) is 1. The Labute approximate surface area is 196 Å². The van der Waals surface area contributed by atoms with Crippen molar-refractivity contribution in [3.05, 3.63) is 101 Å². The van der Waals surface area contributed by atoms with Gasteiger partial charge in [0.25, 0.3) is 5.91 Å². The summed E-state index contributed by atoms with van der Waals surface area (Å²) in [4.78, 5) is 18.2. The van der Waals surface area contributed by atoms with E-state index in [1.165, 1.54) is 12.1 Å². The second kappa shape index (κ2) is 9.58. The number of rotatable bonds is 6. The molecule has 0 saturated carbocycles. The summed E-state index contributed by atoms with van der Waals surface area (Å²) in [6, 6.07) is 17.6. The van der Waals surface area contributed by atoms with Crippen molar-refractivity contribution in [1.82, 2.24) is 5.32 Å². The molecule has 7 nitrogen and oxygen atoms in total. The first kappa shape index (κ1) is 22.7. The van der Waals surface area contributed by atoms with E-state index in [9.17, 15) is 9.18 Å². The molecule has 8 heteroatoms. The van der Waals surface area contributed by atoms with E-state index in [1.807, 2.05) is 24.3 Å². The number of nitrogens with one attached hydrogen (secondary N) is 3. The second-order valence-electron chi connectivity index (χ2n) is 7.77. The van der Waals surface area contributed by atoms with Crippen molar-refractivity contribution < 1.29 is 13.9 Å². The Morgan fingerprint density at radius 2 is 1.85 bits per heavy atom. The topological polar surface area (TPSA) is 113 Å². The number of hydrogen-bond donors (Lipinski definition) is 4. The molecule has 0 saturated heterocycles. The lowest BCUT2D eigenvalue weighted by atomic mass is 9.94. The number of nitrogen functional groups attached to an aromatic ring is 1. The molecule has 1 aliphatic heterocycles. The van der Waals surface area contributed by atoms with Gasteiger partial charge in [-0.2, -0.15) is 0 Å². The van der Waals surface area contributed by atoms with Crippen LogP contribution in [0.2, 0.25) is 0 Å². The average molecular weight is 458 g/mol. The molecule has 3 aromatic rings. The largest absolute Gasteiger partial charge is 0.497 e. The SMILES string of the molecule is COc1ccc(C2=NC(c3ccc(F)cc3)C(C(=O)Nc3ccc(N)c(C=N)c3)=C(C)N2)cc1. The zero-order valence-electron chi connectivity index (χ0n) is 18.7. The number of amidine groups is 1. The predicted octanol–water partition coefficient (Wildman–Crippen LogP) is 4.42. The lowest BCUT2D eigenvalue weighted by molar-refractivity contribution is -0.113. The van der Waals surface area contributed by atoms with Gasteiger partial charge in [-0.3, -0.25) is 9.79 Å². The summed E-state index contributed by atoms with van der Waals surface area (Å²) < 4.78 is 18.8. The summed E-state index contributed by atoms with van der Waals surface area (Å²) in [7, 11) is 1.60. The zero-order chi connectivity index (χ0) is 24.2. The third kappa shape index (κ3) is 4.66. The van der Waals surface area contributed by atoms with E-state index in [0.29, 0.717) is 39.6 Å². The van der Waals surface area contributed by atoms with Gasteiger partial charge in [0.1, 0.15) is 23.4 Å². The molecular weight excluding hydrogens is 433 g/mol. The Hall–Kier alpha value is -4.46. The van der Waals surface area contributed by atoms with E-state index in [0.717, 1.165) is 17.5 Å². The van der Waals surface area contributed by atoms with Crippen molar-refractivity contribution in [2.24, 2.45) is 4.99 Å². The van der Waals surface area contributed by atoms with Gasteiger partial charge in [-0.15, -0.1) is 0 Å². The molecule has 1 aliphatic rings. The molecule has 0 spiro atoms. The maximum Gasteiger partial charge on any atom is 0.255 e. The van der Waals surface area contributed by atoms with Crippen LogP contribution in [0.3, 0.4) is 0 Å². The van der Waals surface area contributed by atoms with Gasteiger partial charge in [0.2, 0.25) is 0 Å². The number of methoxy groups -OCH3 is 1. The van der Waals surface area contributed by atoms with Crippen molar-refractivity contribution in [3.63, 3.8) is 0 Å². The first-order valence-corrected chi connectivity index (χ1v) is 10.6. The van der Waals surface area contributed by atoms with Gasteiger partial charge in [-0.25, -0.2) is 4.39 Å². The smallest absolute Gasteiger partial charge is 0.255 e. The van der Waals surface area contributed by atoms with Crippen molar-refractivity contribution >= 4 is 29.3 Å². The third-order valence-electron chi connectivity index (χ3n) is 5.54. The predicted molar refractivity (Wildman–Crippen MR) is 132 cm³/mol. The van der Waals surface area contributed by atoms with E-state index in [-0.39, 0.29) is 11.7 Å². The van der Waals surface area contributed by atoms with Crippen molar-refractivity contribution in [2.75, 3.05) is 18.2 Å². The lowest BCUT2D eigenvalue weighted by Crippen LogP contribution is -2.34. The number of aliphatic imine (C=N–C) groups is 1. The summed E-state index contributed by atoms with van der Waals surface area (Å²) >= 11 is 0. The van der Waals surface area contributed by atoms with Crippen LogP contribution in [0.4, 0.5) is 15.8 Å². The van der Waals surface area contributed by atoms with Gasteiger partial charge in [-0.05, 0) is 67.1 Å². The van der Waals surface area contributed by atoms with Gasteiger partial charge < -0.3 is 26.5 Å². The number of hydrogen-bond acceptors (Lipinski definition) is 6. The molecule has 34 heavy (non-hydrogen) atoms. The summed E-state index contributed by atoms with van der Waals surface area (Å²) in [6.45, 7) is 1.80. The quantitative estimate of drug-likeness (QED) is 0.324. The number of allylic oxidation sites excluding steroid dienone is 1. The van der Waals surface area contributed by atoms with Crippen molar-refractivity contribution in [2.45, 2.75) is 13.0 Å². The monoisotopic (exact) mass is 457 g/mol. The van der Waals surface area contributed by atoms with Crippen LogP contribution in [0, 0.1) is 11.2 Å². The Kier molecular flexibility index (Phi) is 6.40. The van der Waals surface area contributed by atoms with Crippen molar-refractivity contribution in [1.29, 1.82) is 5.41 Å². The maximum atomic E-state index is 13.6. The van der Waals surface area contributed by atoms with Gasteiger partial charge in [0.05, 0.1) is 12.7 Å². The molecule has 1 unspecified atom stereocenters. The molecule has 0 radical (unpaired) electrons. The van der Waals surface area contributed by atoms with Crippen LogP contribution in [0.25, 0.3) is 0 Å². The Morgan fingerprint density at radius 1 is 1.15 bits per heavy atom. The number of benzene rings is 3. The van der Waals surface area contributed by atoms with E-state index < -0.39 is 6.04 Å². The normalized spacial score (nSPS) is 15.3. The average Bonchev–Trinajstić information content (AvgIpc) is 2.85. The number of halogens is 1. The molecule has 1 amide bonds. The minimum absolute atomic E-state index is 0.363. The second-order valence-corrected chi connectivity index (χ2v) is 7.77. The van der Waals surface area contributed by atoms with E-state index in [2.05, 4.69) is 10.6 Å². The van der Waals surface area contributed by atoms with E-state index >= 15 is 0 Å². The Bertz CT molecular complexity index is 1300. The minimum Gasteiger partial charge on any atom is -0.497 e. The lowest BCUT2D eigenvalue weighted by Gasteiger charge is -2.27. The molecule has 0 bridgehead atoms. The standard InChI is InChI=1S/C26H24FN5O2/c1-15-23(26(33)31-20-9-12-22(29)18(13-20)14-28)24(16-3-7-19(27)8-4-16)32-25(30-15)17-5-10-21(34-2)11-6-17/h3-14,24,28H,29H2,1-2H3,(H,30,32)(H,31,33). The van der Waals surface area contributed by atoms with Gasteiger partial charge >= 0.3 is 0 Å². The highest BCUT2D eigenvalue weighted by Crippen LogP contribution is 2.33. The van der Waals surface area contributed by atoms with Crippen LogP contribution in [0.1, 0.15) is 29.7 Å². The van der Waals surface area contributed by atoms with Crippen LogP contribution < -0.4 is 21.1 Å². The maximum absolute atomic E-state index is 13.6. The van der Waals surface area contributed by atoms with Crippen LogP contribution in [-0.2, 0) is 4.79 Å². The van der Waals surface area contributed by atoms with Crippen LogP contribution >= 0.6 is 0 Å². The molecule has 1 heterocycles. The molecule has 0 aromatic heterocycles. The Balaban J connectivity index is 1.71. The number of ether oxygens (including phenoxy) is 1. The van der Waals surface area contributed by atoms with Crippen LogP contribution in [0.15, 0.2) is 83.0 Å². The summed E-state index contributed by atoms with van der Waals surface area (Å²) in [5.41, 5.74) is 9.82. The molecule has 172 valence electrons. The van der Waals surface area contributed by atoms with E-state index in [4.69, 9.17) is 20.9 Å². The highest BCUT2D eigenvalue weighted by Gasteiger charge is 2.30. The minimum atomic E-state index is -0.657. The molecule has 3 aromatic carbocycles. The number of carbonyl (C=O) groups excluding carboxylic acids is 1.